The molecule has 1 aliphatic rings. The lowest BCUT2D eigenvalue weighted by molar-refractivity contribution is 0.0672. The molecule has 1 fully saturated rings. The highest BCUT2D eigenvalue weighted by molar-refractivity contribution is 5.94. The Kier molecular flexibility index (Phi) is 4.84. The van der Waals surface area contributed by atoms with Gasteiger partial charge < -0.3 is 14.8 Å². The smallest absolute Gasteiger partial charge is 0.253 e. The molecule has 27 heavy (non-hydrogen) atoms. The maximum atomic E-state index is 12.9. The van der Waals surface area contributed by atoms with Gasteiger partial charge in [-0.2, -0.15) is 0 Å². The molecule has 2 heterocycles. The molecule has 140 valence electrons. The predicted molar refractivity (Wildman–Crippen MR) is 109 cm³/mol. The summed E-state index contributed by atoms with van der Waals surface area (Å²) in [4.78, 5) is 25.1. The number of anilines is 1. The van der Waals surface area contributed by atoms with E-state index in [1.165, 1.54) is 0 Å². The number of H-pyrrole nitrogens is 1. The summed E-state index contributed by atoms with van der Waals surface area (Å²) in [6.45, 7) is 1.64. The second-order valence-corrected chi connectivity index (χ2v) is 7.61. The number of aromatic amines is 1. The highest BCUT2D eigenvalue weighted by Crippen LogP contribution is 2.23. The van der Waals surface area contributed by atoms with E-state index in [9.17, 15) is 4.79 Å². The van der Waals surface area contributed by atoms with E-state index in [-0.39, 0.29) is 5.91 Å². The molecule has 5 nitrogen and oxygen atoms in total. The number of likely N-dealkylation sites (tertiary alicyclic amines) is 1. The maximum absolute atomic E-state index is 12.9. The summed E-state index contributed by atoms with van der Waals surface area (Å²) in [6, 6.07) is 16.0. The van der Waals surface area contributed by atoms with Gasteiger partial charge in [0.15, 0.2) is 0 Å². The van der Waals surface area contributed by atoms with Crippen LogP contribution in [0.1, 0.15) is 29.0 Å². The summed E-state index contributed by atoms with van der Waals surface area (Å²) in [6.07, 6.45) is 3.07. The lowest BCUT2D eigenvalue weighted by Gasteiger charge is -2.32. The zero-order chi connectivity index (χ0) is 18.8. The van der Waals surface area contributed by atoms with Crippen molar-refractivity contribution < 1.29 is 4.79 Å². The van der Waals surface area contributed by atoms with Gasteiger partial charge in [-0.1, -0.05) is 12.1 Å². The zero-order valence-electron chi connectivity index (χ0n) is 16.0. The fraction of sp³-hybridized carbons (Fsp3) is 0.364. The van der Waals surface area contributed by atoms with Crippen molar-refractivity contribution in [2.45, 2.75) is 19.3 Å². The van der Waals surface area contributed by atoms with Gasteiger partial charge in [-0.05, 0) is 55.2 Å². The van der Waals surface area contributed by atoms with Crippen molar-refractivity contribution in [1.29, 1.82) is 0 Å². The summed E-state index contributed by atoms with van der Waals surface area (Å²) < 4.78 is 0. The van der Waals surface area contributed by atoms with Gasteiger partial charge in [0.2, 0.25) is 0 Å². The van der Waals surface area contributed by atoms with Crippen molar-refractivity contribution in [2.24, 2.45) is 5.92 Å². The van der Waals surface area contributed by atoms with Crippen LogP contribution in [-0.4, -0.2) is 48.0 Å². The SMILES string of the molecule is CN(C)c1ccc(C(=O)N2CCCC(Cc3nc4ccccc4[nH]3)C2)cc1. The van der Waals surface area contributed by atoms with Crippen LogP contribution in [0, 0.1) is 5.92 Å². The number of benzene rings is 2. The van der Waals surface area contributed by atoms with Crippen molar-refractivity contribution >= 4 is 22.6 Å². The fourth-order valence-corrected chi connectivity index (χ4v) is 3.88. The Morgan fingerprint density at radius 2 is 1.96 bits per heavy atom. The van der Waals surface area contributed by atoms with E-state index >= 15 is 0 Å². The number of hydrogen-bond acceptors (Lipinski definition) is 3. The first-order valence-electron chi connectivity index (χ1n) is 9.60. The summed E-state index contributed by atoms with van der Waals surface area (Å²) in [5.41, 5.74) is 3.97. The van der Waals surface area contributed by atoms with Crippen molar-refractivity contribution in [1.82, 2.24) is 14.9 Å². The minimum absolute atomic E-state index is 0.134. The molecule has 1 unspecified atom stereocenters. The second kappa shape index (κ2) is 7.43. The molecule has 1 aliphatic heterocycles. The molecular weight excluding hydrogens is 336 g/mol. The molecule has 2 aromatic carbocycles. The first kappa shape index (κ1) is 17.6. The molecule has 1 atom stereocenters. The maximum Gasteiger partial charge on any atom is 0.253 e. The number of nitrogens with one attached hydrogen (secondary N) is 1. The average molecular weight is 362 g/mol. The predicted octanol–water partition coefficient (Wildman–Crippen LogP) is 3.72. The lowest BCUT2D eigenvalue weighted by Crippen LogP contribution is -2.40. The summed E-state index contributed by atoms with van der Waals surface area (Å²) >= 11 is 0. The molecule has 1 aromatic heterocycles. The number of piperidine rings is 1. The molecule has 5 heteroatoms. The van der Waals surface area contributed by atoms with Crippen molar-refractivity contribution in [3.05, 3.63) is 59.9 Å². The average Bonchev–Trinajstić information content (AvgIpc) is 3.10. The van der Waals surface area contributed by atoms with Gasteiger partial charge in [0, 0.05) is 44.9 Å². The van der Waals surface area contributed by atoms with Gasteiger partial charge in [-0.15, -0.1) is 0 Å². The molecule has 0 radical (unpaired) electrons. The standard InChI is InChI=1S/C22H26N4O/c1-25(2)18-11-9-17(10-12-18)22(27)26-13-5-6-16(15-26)14-21-23-19-7-3-4-8-20(19)24-21/h3-4,7-12,16H,5-6,13-15H2,1-2H3,(H,23,24). The highest BCUT2D eigenvalue weighted by Gasteiger charge is 2.25. The number of fused-ring (bicyclic) bond motifs is 1. The van der Waals surface area contributed by atoms with Crippen LogP contribution in [0.15, 0.2) is 48.5 Å². The third-order valence-electron chi connectivity index (χ3n) is 5.36. The fourth-order valence-electron chi connectivity index (χ4n) is 3.88. The molecule has 1 amide bonds. The zero-order valence-corrected chi connectivity index (χ0v) is 16.0. The highest BCUT2D eigenvalue weighted by atomic mass is 16.2. The van der Waals surface area contributed by atoms with Crippen molar-refractivity contribution in [3.8, 4) is 0 Å². The van der Waals surface area contributed by atoms with Gasteiger partial charge in [0.05, 0.1) is 11.0 Å². The van der Waals surface area contributed by atoms with Gasteiger partial charge in [-0.25, -0.2) is 4.98 Å². The number of para-hydroxylation sites is 2. The number of rotatable bonds is 4. The van der Waals surface area contributed by atoms with Crippen LogP contribution in [0.3, 0.4) is 0 Å². The minimum atomic E-state index is 0.134. The third kappa shape index (κ3) is 3.82. The molecule has 0 aliphatic carbocycles. The number of amides is 1. The van der Waals surface area contributed by atoms with E-state index in [0.717, 1.165) is 60.5 Å². The summed E-state index contributed by atoms with van der Waals surface area (Å²) in [5.74, 6) is 1.60. The third-order valence-corrected chi connectivity index (χ3v) is 5.36. The Morgan fingerprint density at radius 3 is 2.70 bits per heavy atom. The van der Waals surface area contributed by atoms with Crippen LogP contribution in [0.4, 0.5) is 5.69 Å². The number of imidazole rings is 1. The van der Waals surface area contributed by atoms with Crippen LogP contribution < -0.4 is 4.90 Å². The molecule has 0 saturated carbocycles. The van der Waals surface area contributed by atoms with E-state index in [4.69, 9.17) is 4.98 Å². The van der Waals surface area contributed by atoms with Crippen LogP contribution in [-0.2, 0) is 6.42 Å². The Labute approximate surface area is 160 Å². The van der Waals surface area contributed by atoms with E-state index in [0.29, 0.717) is 5.92 Å². The lowest BCUT2D eigenvalue weighted by atomic mass is 9.94. The normalized spacial score (nSPS) is 17.3. The van der Waals surface area contributed by atoms with Gasteiger partial charge in [-0.3, -0.25) is 4.79 Å². The van der Waals surface area contributed by atoms with E-state index in [2.05, 4.69) is 11.1 Å². The number of aromatic nitrogens is 2. The molecule has 0 bridgehead atoms. The van der Waals surface area contributed by atoms with Crippen molar-refractivity contribution in [2.75, 3.05) is 32.1 Å². The Morgan fingerprint density at radius 1 is 1.19 bits per heavy atom. The number of nitrogens with zero attached hydrogens (tertiary/aromatic N) is 3. The largest absolute Gasteiger partial charge is 0.378 e. The van der Waals surface area contributed by atoms with Crippen LogP contribution in [0.25, 0.3) is 11.0 Å². The summed E-state index contributed by atoms with van der Waals surface area (Å²) in [7, 11) is 4.01. The molecule has 1 saturated heterocycles. The first-order valence-corrected chi connectivity index (χ1v) is 9.60. The number of carbonyl (C=O) groups excluding carboxylic acids is 1. The Balaban J connectivity index is 1.43. The quantitative estimate of drug-likeness (QED) is 0.769. The van der Waals surface area contributed by atoms with Gasteiger partial charge >= 0.3 is 0 Å². The Bertz CT molecular complexity index is 896. The molecular formula is C22H26N4O. The van der Waals surface area contributed by atoms with Crippen LogP contribution in [0.2, 0.25) is 0 Å². The first-order chi connectivity index (χ1) is 13.1. The monoisotopic (exact) mass is 362 g/mol. The number of carbonyl (C=O) groups is 1. The molecule has 3 aromatic rings. The minimum Gasteiger partial charge on any atom is -0.378 e. The molecule has 1 N–H and O–H groups in total. The van der Waals surface area contributed by atoms with Crippen LogP contribution >= 0.6 is 0 Å². The summed E-state index contributed by atoms with van der Waals surface area (Å²) in [5, 5.41) is 0. The van der Waals surface area contributed by atoms with E-state index < -0.39 is 0 Å². The topological polar surface area (TPSA) is 52.2 Å². The van der Waals surface area contributed by atoms with Gasteiger partial charge in [0.1, 0.15) is 5.82 Å². The van der Waals surface area contributed by atoms with Crippen molar-refractivity contribution in [3.63, 3.8) is 0 Å². The molecule has 0 spiro atoms. The van der Waals surface area contributed by atoms with E-state index in [1.54, 1.807) is 0 Å². The van der Waals surface area contributed by atoms with Crippen LogP contribution in [0.5, 0.6) is 0 Å². The van der Waals surface area contributed by atoms with E-state index in [1.807, 2.05) is 66.4 Å². The second-order valence-electron chi connectivity index (χ2n) is 7.61. The Hall–Kier alpha value is -2.82. The molecule has 4 rings (SSSR count). The van der Waals surface area contributed by atoms with Gasteiger partial charge in [0.25, 0.3) is 5.91 Å². The number of hydrogen-bond donors (Lipinski definition) is 1.